The summed E-state index contributed by atoms with van der Waals surface area (Å²) in [6.45, 7) is 4.68. The SMILES string of the molecule is CCOc1ccc(C(O)Cc2cccc(C)c2)cc1. The quantitative estimate of drug-likeness (QED) is 0.884. The fourth-order valence-electron chi connectivity index (χ4n) is 2.13. The van der Waals surface area contributed by atoms with Crippen LogP contribution in [0.15, 0.2) is 48.5 Å². The van der Waals surface area contributed by atoms with Crippen molar-refractivity contribution in [2.45, 2.75) is 26.4 Å². The van der Waals surface area contributed by atoms with E-state index >= 15 is 0 Å². The molecule has 1 N–H and O–H groups in total. The van der Waals surface area contributed by atoms with Gasteiger partial charge in [-0.05, 0) is 37.1 Å². The summed E-state index contributed by atoms with van der Waals surface area (Å²) >= 11 is 0. The van der Waals surface area contributed by atoms with E-state index in [0.29, 0.717) is 13.0 Å². The van der Waals surface area contributed by atoms with E-state index in [0.717, 1.165) is 16.9 Å². The van der Waals surface area contributed by atoms with Gasteiger partial charge in [0.05, 0.1) is 12.7 Å². The van der Waals surface area contributed by atoms with Gasteiger partial charge in [-0.15, -0.1) is 0 Å². The van der Waals surface area contributed by atoms with E-state index in [-0.39, 0.29) is 0 Å². The maximum absolute atomic E-state index is 10.2. The van der Waals surface area contributed by atoms with E-state index in [1.807, 2.05) is 43.3 Å². The van der Waals surface area contributed by atoms with Gasteiger partial charge in [-0.3, -0.25) is 0 Å². The molecular weight excluding hydrogens is 236 g/mol. The normalized spacial score (nSPS) is 12.2. The molecule has 2 heteroatoms. The number of hydrogen-bond acceptors (Lipinski definition) is 2. The molecule has 0 aliphatic carbocycles. The van der Waals surface area contributed by atoms with E-state index in [4.69, 9.17) is 4.74 Å². The van der Waals surface area contributed by atoms with E-state index < -0.39 is 6.10 Å². The van der Waals surface area contributed by atoms with Crippen LogP contribution < -0.4 is 4.74 Å². The molecule has 1 unspecified atom stereocenters. The Bertz CT molecular complexity index is 517. The molecule has 0 saturated heterocycles. The van der Waals surface area contributed by atoms with Gasteiger partial charge in [-0.1, -0.05) is 42.0 Å². The summed E-state index contributed by atoms with van der Waals surface area (Å²) in [5.41, 5.74) is 3.29. The minimum Gasteiger partial charge on any atom is -0.494 e. The van der Waals surface area contributed by atoms with Crippen molar-refractivity contribution in [3.63, 3.8) is 0 Å². The van der Waals surface area contributed by atoms with Gasteiger partial charge in [0, 0.05) is 6.42 Å². The molecule has 0 fully saturated rings. The molecule has 0 aliphatic rings. The number of ether oxygens (including phenoxy) is 1. The molecule has 0 aromatic heterocycles. The van der Waals surface area contributed by atoms with Crippen LogP contribution in [0.5, 0.6) is 5.75 Å². The van der Waals surface area contributed by atoms with Crippen molar-refractivity contribution >= 4 is 0 Å². The van der Waals surface area contributed by atoms with Crippen LogP contribution in [-0.4, -0.2) is 11.7 Å². The second-order valence-corrected chi connectivity index (χ2v) is 4.71. The lowest BCUT2D eigenvalue weighted by molar-refractivity contribution is 0.178. The summed E-state index contributed by atoms with van der Waals surface area (Å²) in [4.78, 5) is 0. The summed E-state index contributed by atoms with van der Waals surface area (Å²) in [5, 5.41) is 10.2. The Hall–Kier alpha value is -1.80. The first-order valence-corrected chi connectivity index (χ1v) is 6.65. The Morgan fingerprint density at radius 1 is 1.11 bits per heavy atom. The second-order valence-electron chi connectivity index (χ2n) is 4.71. The smallest absolute Gasteiger partial charge is 0.119 e. The lowest BCUT2D eigenvalue weighted by atomic mass is 10.0. The summed E-state index contributed by atoms with van der Waals surface area (Å²) in [7, 11) is 0. The molecule has 0 radical (unpaired) electrons. The van der Waals surface area contributed by atoms with E-state index in [9.17, 15) is 5.11 Å². The molecule has 0 heterocycles. The van der Waals surface area contributed by atoms with Crippen LogP contribution in [0, 0.1) is 6.92 Å². The Kier molecular flexibility index (Phi) is 4.58. The van der Waals surface area contributed by atoms with Crippen molar-refractivity contribution in [2.24, 2.45) is 0 Å². The third-order valence-corrected chi connectivity index (χ3v) is 3.09. The number of aliphatic hydroxyl groups excluding tert-OH is 1. The van der Waals surface area contributed by atoms with Crippen LogP contribution in [-0.2, 0) is 6.42 Å². The van der Waals surface area contributed by atoms with Gasteiger partial charge in [0.1, 0.15) is 5.75 Å². The molecule has 0 bridgehead atoms. The van der Waals surface area contributed by atoms with Crippen molar-refractivity contribution < 1.29 is 9.84 Å². The van der Waals surface area contributed by atoms with Crippen molar-refractivity contribution in [1.82, 2.24) is 0 Å². The molecule has 0 saturated carbocycles. The molecule has 2 aromatic rings. The third kappa shape index (κ3) is 3.83. The molecule has 1 atom stereocenters. The molecule has 2 aromatic carbocycles. The summed E-state index contributed by atoms with van der Waals surface area (Å²) in [5.74, 6) is 0.842. The van der Waals surface area contributed by atoms with Crippen LogP contribution >= 0.6 is 0 Å². The molecule has 100 valence electrons. The highest BCUT2D eigenvalue weighted by atomic mass is 16.5. The number of aliphatic hydroxyl groups is 1. The topological polar surface area (TPSA) is 29.5 Å². The molecule has 19 heavy (non-hydrogen) atoms. The van der Waals surface area contributed by atoms with E-state index in [1.54, 1.807) is 0 Å². The lowest BCUT2D eigenvalue weighted by Gasteiger charge is -2.12. The summed E-state index contributed by atoms with van der Waals surface area (Å²) < 4.78 is 5.39. The first-order chi connectivity index (χ1) is 9.19. The highest BCUT2D eigenvalue weighted by molar-refractivity contribution is 5.30. The van der Waals surface area contributed by atoms with Crippen LogP contribution in [0.2, 0.25) is 0 Å². The molecule has 0 aliphatic heterocycles. The number of aryl methyl sites for hydroxylation is 1. The maximum Gasteiger partial charge on any atom is 0.119 e. The van der Waals surface area contributed by atoms with Crippen molar-refractivity contribution in [1.29, 1.82) is 0 Å². The minimum atomic E-state index is -0.475. The van der Waals surface area contributed by atoms with Gasteiger partial charge in [-0.25, -0.2) is 0 Å². The number of hydrogen-bond donors (Lipinski definition) is 1. The van der Waals surface area contributed by atoms with Gasteiger partial charge in [0.15, 0.2) is 0 Å². The Morgan fingerprint density at radius 2 is 1.84 bits per heavy atom. The molecular formula is C17H20O2. The first-order valence-electron chi connectivity index (χ1n) is 6.65. The predicted molar refractivity (Wildman–Crippen MR) is 77.5 cm³/mol. The number of rotatable bonds is 5. The van der Waals surface area contributed by atoms with Gasteiger partial charge >= 0.3 is 0 Å². The largest absolute Gasteiger partial charge is 0.494 e. The fraction of sp³-hybridized carbons (Fsp3) is 0.294. The summed E-state index contributed by atoms with van der Waals surface area (Å²) in [6, 6.07) is 15.9. The molecule has 0 spiro atoms. The minimum absolute atomic E-state index is 0.475. The van der Waals surface area contributed by atoms with Gasteiger partial charge in [-0.2, -0.15) is 0 Å². The maximum atomic E-state index is 10.2. The Labute approximate surface area is 114 Å². The highest BCUT2D eigenvalue weighted by Crippen LogP contribution is 2.21. The highest BCUT2D eigenvalue weighted by Gasteiger charge is 2.08. The first kappa shape index (κ1) is 13.6. The Balaban J connectivity index is 2.05. The standard InChI is InChI=1S/C17H20O2/c1-3-19-16-9-7-15(8-10-16)17(18)12-14-6-4-5-13(2)11-14/h4-11,17-18H,3,12H2,1-2H3. The monoisotopic (exact) mass is 256 g/mol. The Morgan fingerprint density at radius 3 is 2.47 bits per heavy atom. The predicted octanol–water partition coefficient (Wildman–Crippen LogP) is 3.67. The lowest BCUT2D eigenvalue weighted by Crippen LogP contribution is -2.02. The zero-order chi connectivity index (χ0) is 13.7. The van der Waals surface area contributed by atoms with Crippen molar-refractivity contribution in [3.8, 4) is 5.75 Å². The fourth-order valence-corrected chi connectivity index (χ4v) is 2.13. The molecule has 0 amide bonds. The van der Waals surface area contributed by atoms with Crippen molar-refractivity contribution in [2.75, 3.05) is 6.61 Å². The van der Waals surface area contributed by atoms with Crippen LogP contribution in [0.4, 0.5) is 0 Å². The van der Waals surface area contributed by atoms with Gasteiger partial charge in [0.25, 0.3) is 0 Å². The summed E-state index contributed by atoms with van der Waals surface area (Å²) in [6.07, 6.45) is 0.160. The van der Waals surface area contributed by atoms with Crippen LogP contribution in [0.25, 0.3) is 0 Å². The van der Waals surface area contributed by atoms with E-state index in [1.165, 1.54) is 5.56 Å². The van der Waals surface area contributed by atoms with Gasteiger partial charge < -0.3 is 9.84 Å². The van der Waals surface area contributed by atoms with Crippen molar-refractivity contribution in [3.05, 3.63) is 65.2 Å². The van der Waals surface area contributed by atoms with Crippen LogP contribution in [0.1, 0.15) is 29.7 Å². The van der Waals surface area contributed by atoms with Crippen LogP contribution in [0.3, 0.4) is 0 Å². The second kappa shape index (κ2) is 6.39. The molecule has 2 rings (SSSR count). The third-order valence-electron chi connectivity index (χ3n) is 3.09. The van der Waals surface area contributed by atoms with E-state index in [2.05, 4.69) is 19.1 Å². The molecule has 2 nitrogen and oxygen atoms in total. The zero-order valence-corrected chi connectivity index (χ0v) is 11.5. The zero-order valence-electron chi connectivity index (χ0n) is 11.5. The average Bonchev–Trinajstić information content (AvgIpc) is 2.40. The average molecular weight is 256 g/mol. The van der Waals surface area contributed by atoms with Gasteiger partial charge in [0.2, 0.25) is 0 Å². The number of benzene rings is 2.